The molecule has 1 heteroatoms. The van der Waals surface area contributed by atoms with Crippen molar-refractivity contribution in [2.24, 2.45) is 0 Å². The van der Waals surface area contributed by atoms with E-state index in [4.69, 9.17) is 0 Å². The number of hydrogen-bond acceptors (Lipinski definition) is 1. The molecule has 0 aliphatic heterocycles. The number of unbranched alkanes of at least 4 members (excludes halogenated alkanes) is 4. The molecule has 0 saturated carbocycles. The molecule has 0 aliphatic carbocycles. The Bertz CT molecular complexity index is 546. The van der Waals surface area contributed by atoms with E-state index in [1.54, 1.807) is 6.07 Å². The third-order valence-corrected chi connectivity index (χ3v) is 2.91. The fourth-order valence-corrected chi connectivity index (χ4v) is 1.69. The maximum Gasteiger partial charge on any atom is 0.237 e. The molecular weight excluding hydrogens is 244 g/mol. The smallest absolute Gasteiger partial charge is 0.237 e. The van der Waals surface area contributed by atoms with Crippen LogP contribution in [-0.4, -0.2) is 5.78 Å². The number of hydrogen-bond donors (Lipinski definition) is 0. The van der Waals surface area contributed by atoms with Crippen LogP contribution in [-0.2, 0) is 0 Å². The van der Waals surface area contributed by atoms with E-state index in [1.807, 2.05) is 18.2 Å². The first-order valence-corrected chi connectivity index (χ1v) is 7.40. The van der Waals surface area contributed by atoms with Crippen LogP contribution in [0.15, 0.2) is 24.3 Å². The highest BCUT2D eigenvalue weighted by Gasteiger charge is 2.06. The molecule has 0 unspecified atom stereocenters. The Labute approximate surface area is 122 Å². The van der Waals surface area contributed by atoms with Crippen molar-refractivity contribution < 1.29 is 4.79 Å². The van der Waals surface area contributed by atoms with Gasteiger partial charge < -0.3 is 0 Å². The molecule has 0 heterocycles. The number of ketones is 1. The van der Waals surface area contributed by atoms with Crippen LogP contribution in [0, 0.1) is 23.7 Å². The molecule has 0 aromatic heterocycles. The van der Waals surface area contributed by atoms with Gasteiger partial charge in [-0.1, -0.05) is 56.6 Å². The topological polar surface area (TPSA) is 17.1 Å². The van der Waals surface area contributed by atoms with E-state index in [2.05, 4.69) is 37.5 Å². The molecule has 0 N–H and O–H groups in total. The normalized spacial score (nSPS) is 9.10. The minimum Gasteiger partial charge on any atom is -0.279 e. The van der Waals surface area contributed by atoms with E-state index in [1.165, 1.54) is 0 Å². The van der Waals surface area contributed by atoms with E-state index >= 15 is 0 Å². The molecular formula is C19H22O. The van der Waals surface area contributed by atoms with Crippen molar-refractivity contribution in [3.05, 3.63) is 35.4 Å². The summed E-state index contributed by atoms with van der Waals surface area (Å²) >= 11 is 0. The number of benzene rings is 1. The minimum atomic E-state index is -0.124. The summed E-state index contributed by atoms with van der Waals surface area (Å²) in [7, 11) is 0. The highest BCUT2D eigenvalue weighted by Crippen LogP contribution is 2.08. The van der Waals surface area contributed by atoms with Gasteiger partial charge in [0.15, 0.2) is 0 Å². The summed E-state index contributed by atoms with van der Waals surface area (Å²) < 4.78 is 0. The number of carbonyl (C=O) groups excluding carboxylic acids is 1. The Morgan fingerprint density at radius 1 is 1.00 bits per heavy atom. The van der Waals surface area contributed by atoms with E-state index < -0.39 is 0 Å². The van der Waals surface area contributed by atoms with E-state index in [0.717, 1.165) is 44.1 Å². The second kappa shape index (κ2) is 9.88. The van der Waals surface area contributed by atoms with Gasteiger partial charge in [0, 0.05) is 24.0 Å². The fraction of sp³-hybridized carbons (Fsp3) is 0.421. The van der Waals surface area contributed by atoms with Crippen molar-refractivity contribution in [3.63, 3.8) is 0 Å². The third kappa shape index (κ3) is 5.77. The molecule has 0 saturated heterocycles. The molecule has 1 aromatic carbocycles. The Morgan fingerprint density at radius 2 is 1.65 bits per heavy atom. The fourth-order valence-electron chi connectivity index (χ4n) is 1.69. The van der Waals surface area contributed by atoms with Crippen molar-refractivity contribution in [1.82, 2.24) is 0 Å². The van der Waals surface area contributed by atoms with Gasteiger partial charge >= 0.3 is 0 Å². The van der Waals surface area contributed by atoms with Gasteiger partial charge in [0.2, 0.25) is 5.78 Å². The average Bonchev–Trinajstić information content (AvgIpc) is 2.48. The minimum absolute atomic E-state index is 0.124. The second-order valence-electron chi connectivity index (χ2n) is 4.69. The van der Waals surface area contributed by atoms with Gasteiger partial charge in [0.05, 0.1) is 0 Å². The first-order valence-electron chi connectivity index (χ1n) is 7.40. The van der Waals surface area contributed by atoms with Crippen LogP contribution in [0.2, 0.25) is 0 Å². The van der Waals surface area contributed by atoms with Gasteiger partial charge in [0.1, 0.15) is 0 Å². The quantitative estimate of drug-likeness (QED) is 0.329. The Morgan fingerprint density at radius 3 is 2.35 bits per heavy atom. The molecule has 1 rings (SSSR count). The standard InChI is InChI=1S/C19H22O/c1-3-5-7-9-13-17-14-11-12-15-18(17)19(20)16-10-8-6-4-2/h11-12,14-15H,3-8H2,1-2H3. The summed E-state index contributed by atoms with van der Waals surface area (Å²) in [5.74, 6) is 11.8. The molecule has 0 aliphatic rings. The zero-order chi connectivity index (χ0) is 14.6. The van der Waals surface area contributed by atoms with Crippen molar-refractivity contribution in [2.45, 2.75) is 52.4 Å². The van der Waals surface area contributed by atoms with Gasteiger partial charge in [-0.05, 0) is 30.9 Å². The summed E-state index contributed by atoms with van der Waals surface area (Å²) in [5, 5.41) is 0. The molecule has 0 fully saturated rings. The molecule has 20 heavy (non-hydrogen) atoms. The molecule has 0 radical (unpaired) electrons. The zero-order valence-corrected chi connectivity index (χ0v) is 12.5. The zero-order valence-electron chi connectivity index (χ0n) is 12.5. The van der Waals surface area contributed by atoms with Crippen LogP contribution in [0.4, 0.5) is 0 Å². The van der Waals surface area contributed by atoms with Crippen LogP contribution in [0.5, 0.6) is 0 Å². The largest absolute Gasteiger partial charge is 0.279 e. The van der Waals surface area contributed by atoms with Crippen molar-refractivity contribution in [1.29, 1.82) is 0 Å². The van der Waals surface area contributed by atoms with E-state index in [0.29, 0.717) is 5.56 Å². The molecule has 1 nitrogen and oxygen atoms in total. The SMILES string of the molecule is CCCCC#CC(=O)c1ccccc1C#CCCCC. The Balaban J connectivity index is 2.79. The third-order valence-electron chi connectivity index (χ3n) is 2.91. The summed E-state index contributed by atoms with van der Waals surface area (Å²) in [4.78, 5) is 12.1. The van der Waals surface area contributed by atoms with Crippen LogP contribution in [0.25, 0.3) is 0 Å². The van der Waals surface area contributed by atoms with Gasteiger partial charge in [-0.15, -0.1) is 0 Å². The summed E-state index contributed by atoms with van der Waals surface area (Å²) in [6.07, 6.45) is 6.03. The number of Topliss-reactive ketones (excluding diaryl/α,β-unsaturated/α-hetero) is 1. The highest BCUT2D eigenvalue weighted by molar-refractivity contribution is 6.10. The summed E-state index contributed by atoms with van der Waals surface area (Å²) in [6, 6.07) is 7.46. The summed E-state index contributed by atoms with van der Waals surface area (Å²) in [6.45, 7) is 4.26. The highest BCUT2D eigenvalue weighted by atomic mass is 16.1. The van der Waals surface area contributed by atoms with Crippen LogP contribution < -0.4 is 0 Å². The lowest BCUT2D eigenvalue weighted by Gasteiger charge is -1.98. The Hall–Kier alpha value is -1.99. The van der Waals surface area contributed by atoms with E-state index in [9.17, 15) is 4.79 Å². The predicted molar refractivity (Wildman–Crippen MR) is 84.5 cm³/mol. The maximum atomic E-state index is 12.1. The lowest BCUT2D eigenvalue weighted by molar-refractivity contribution is 0.105. The van der Waals surface area contributed by atoms with Crippen molar-refractivity contribution >= 4 is 5.78 Å². The Kier molecular flexibility index (Phi) is 7.93. The van der Waals surface area contributed by atoms with Gasteiger partial charge in [-0.25, -0.2) is 0 Å². The predicted octanol–water partition coefficient (Wildman–Crippen LogP) is 4.60. The number of rotatable bonds is 5. The lowest BCUT2D eigenvalue weighted by atomic mass is 10.0. The lowest BCUT2D eigenvalue weighted by Crippen LogP contribution is -1.98. The molecule has 0 bridgehead atoms. The monoisotopic (exact) mass is 266 g/mol. The molecule has 1 aromatic rings. The second-order valence-corrected chi connectivity index (χ2v) is 4.69. The van der Waals surface area contributed by atoms with Crippen molar-refractivity contribution in [2.75, 3.05) is 0 Å². The van der Waals surface area contributed by atoms with Gasteiger partial charge in [-0.3, -0.25) is 4.79 Å². The summed E-state index contributed by atoms with van der Waals surface area (Å²) in [5.41, 5.74) is 1.42. The van der Waals surface area contributed by atoms with Crippen molar-refractivity contribution in [3.8, 4) is 23.7 Å². The molecule has 104 valence electrons. The average molecular weight is 266 g/mol. The van der Waals surface area contributed by atoms with Crippen LogP contribution >= 0.6 is 0 Å². The maximum absolute atomic E-state index is 12.1. The first-order chi connectivity index (χ1) is 9.79. The first kappa shape index (κ1) is 16.1. The van der Waals surface area contributed by atoms with Crippen LogP contribution in [0.1, 0.15) is 68.3 Å². The molecule has 0 spiro atoms. The number of carbonyl (C=O) groups is 1. The van der Waals surface area contributed by atoms with Gasteiger partial charge in [-0.2, -0.15) is 0 Å². The van der Waals surface area contributed by atoms with E-state index in [-0.39, 0.29) is 5.78 Å². The molecule has 0 amide bonds. The van der Waals surface area contributed by atoms with Crippen LogP contribution in [0.3, 0.4) is 0 Å². The molecule has 0 atom stereocenters. The van der Waals surface area contributed by atoms with Gasteiger partial charge in [0.25, 0.3) is 0 Å².